The van der Waals surface area contributed by atoms with Crippen LogP contribution in [-0.2, 0) is 6.42 Å². The molecule has 0 unspecified atom stereocenters. The molecule has 16 heavy (non-hydrogen) atoms. The number of aromatic carboxylic acids is 1. The van der Waals surface area contributed by atoms with Crippen molar-refractivity contribution in [2.24, 2.45) is 0 Å². The van der Waals surface area contributed by atoms with Crippen molar-refractivity contribution in [3.05, 3.63) is 28.0 Å². The fraction of sp³-hybridized carbons (Fsp3) is 0.200. The number of aromatic amines is 1. The predicted molar refractivity (Wildman–Crippen MR) is 61.5 cm³/mol. The molecule has 0 saturated carbocycles. The van der Waals surface area contributed by atoms with E-state index < -0.39 is 5.97 Å². The Kier molecular flexibility index (Phi) is 2.93. The third kappa shape index (κ3) is 1.81. The Morgan fingerprint density at radius 3 is 2.88 bits per heavy atom. The molecule has 84 valence electrons. The first-order valence-corrected chi connectivity index (χ1v) is 5.44. The van der Waals surface area contributed by atoms with Gasteiger partial charge in [0.15, 0.2) is 0 Å². The van der Waals surface area contributed by atoms with Crippen molar-refractivity contribution in [1.29, 1.82) is 0 Å². The lowest BCUT2D eigenvalue weighted by molar-refractivity contribution is 0.0699. The quantitative estimate of drug-likeness (QED) is 0.798. The van der Waals surface area contributed by atoms with Crippen LogP contribution in [0.25, 0.3) is 11.0 Å². The standard InChI is InChI=1S/C10H9BrN2O3/c11-6-2-1-5(10(15)16)8-9(6)13-7(12-8)3-4-14/h1-2,14H,3-4H2,(H,12,13)(H,15,16). The highest BCUT2D eigenvalue weighted by Crippen LogP contribution is 2.25. The maximum absolute atomic E-state index is 11.0. The van der Waals surface area contributed by atoms with E-state index in [0.717, 1.165) is 4.47 Å². The van der Waals surface area contributed by atoms with Crippen molar-refractivity contribution in [1.82, 2.24) is 9.97 Å². The summed E-state index contributed by atoms with van der Waals surface area (Å²) in [6.07, 6.45) is 0.375. The van der Waals surface area contributed by atoms with E-state index in [1.807, 2.05) is 0 Å². The largest absolute Gasteiger partial charge is 0.478 e. The molecular formula is C10H9BrN2O3. The molecule has 0 saturated heterocycles. The minimum Gasteiger partial charge on any atom is -0.478 e. The number of aliphatic hydroxyl groups excluding tert-OH is 1. The van der Waals surface area contributed by atoms with Crippen molar-refractivity contribution in [3.8, 4) is 0 Å². The number of imidazole rings is 1. The zero-order chi connectivity index (χ0) is 11.7. The molecule has 0 aliphatic carbocycles. The number of nitrogens with one attached hydrogen (secondary N) is 1. The molecule has 1 aromatic carbocycles. The lowest BCUT2D eigenvalue weighted by Crippen LogP contribution is -1.97. The average molecular weight is 285 g/mol. The van der Waals surface area contributed by atoms with Crippen LogP contribution in [-0.4, -0.2) is 32.8 Å². The summed E-state index contributed by atoms with van der Waals surface area (Å²) in [5.74, 6) is -0.427. The van der Waals surface area contributed by atoms with Gasteiger partial charge >= 0.3 is 5.97 Å². The normalized spacial score (nSPS) is 10.9. The number of hydrogen-bond acceptors (Lipinski definition) is 3. The van der Waals surface area contributed by atoms with Gasteiger partial charge in [-0.25, -0.2) is 9.78 Å². The van der Waals surface area contributed by atoms with Crippen LogP contribution in [0.3, 0.4) is 0 Å². The monoisotopic (exact) mass is 284 g/mol. The number of nitrogens with zero attached hydrogens (tertiary/aromatic N) is 1. The van der Waals surface area contributed by atoms with E-state index in [1.54, 1.807) is 6.07 Å². The number of fused-ring (bicyclic) bond motifs is 1. The third-order valence-corrected chi connectivity index (χ3v) is 2.86. The van der Waals surface area contributed by atoms with E-state index in [9.17, 15) is 4.79 Å². The fourth-order valence-electron chi connectivity index (χ4n) is 1.51. The predicted octanol–water partition coefficient (Wildman–Crippen LogP) is 1.56. The van der Waals surface area contributed by atoms with Gasteiger partial charge in [-0.2, -0.15) is 0 Å². The van der Waals surface area contributed by atoms with Crippen molar-refractivity contribution >= 4 is 32.9 Å². The van der Waals surface area contributed by atoms with Crippen LogP contribution in [0.2, 0.25) is 0 Å². The van der Waals surface area contributed by atoms with Gasteiger partial charge in [0, 0.05) is 10.9 Å². The van der Waals surface area contributed by atoms with Gasteiger partial charge < -0.3 is 15.2 Å². The molecule has 1 aromatic heterocycles. The summed E-state index contributed by atoms with van der Waals surface area (Å²) in [6.45, 7) is -0.0279. The van der Waals surface area contributed by atoms with Crippen LogP contribution in [0, 0.1) is 0 Å². The molecular weight excluding hydrogens is 276 g/mol. The van der Waals surface area contributed by atoms with Crippen molar-refractivity contribution in [3.63, 3.8) is 0 Å². The van der Waals surface area contributed by atoms with Gasteiger partial charge in [0.2, 0.25) is 0 Å². The molecule has 6 heteroatoms. The molecule has 0 aliphatic heterocycles. The highest BCUT2D eigenvalue weighted by atomic mass is 79.9. The third-order valence-electron chi connectivity index (χ3n) is 2.22. The van der Waals surface area contributed by atoms with E-state index in [2.05, 4.69) is 25.9 Å². The maximum Gasteiger partial charge on any atom is 0.337 e. The SMILES string of the molecule is O=C(O)c1ccc(Br)c2nc(CCO)[nH]c12. The first-order valence-electron chi connectivity index (χ1n) is 4.64. The molecule has 0 radical (unpaired) electrons. The van der Waals surface area contributed by atoms with E-state index in [1.165, 1.54) is 6.07 Å². The summed E-state index contributed by atoms with van der Waals surface area (Å²) in [4.78, 5) is 18.1. The first kappa shape index (κ1) is 11.1. The van der Waals surface area contributed by atoms with Gasteiger partial charge in [-0.15, -0.1) is 0 Å². The van der Waals surface area contributed by atoms with Crippen LogP contribution in [0.15, 0.2) is 16.6 Å². The molecule has 0 atom stereocenters. The van der Waals surface area contributed by atoms with E-state index in [4.69, 9.17) is 10.2 Å². The Bertz CT molecular complexity index is 550. The molecule has 0 amide bonds. The van der Waals surface area contributed by atoms with E-state index in [-0.39, 0.29) is 12.2 Å². The maximum atomic E-state index is 11.0. The number of H-pyrrole nitrogens is 1. The highest BCUT2D eigenvalue weighted by molar-refractivity contribution is 9.10. The summed E-state index contributed by atoms with van der Waals surface area (Å²) >= 11 is 3.31. The van der Waals surface area contributed by atoms with Crippen LogP contribution in [0.1, 0.15) is 16.2 Å². The topological polar surface area (TPSA) is 86.2 Å². The summed E-state index contributed by atoms with van der Waals surface area (Å²) in [5.41, 5.74) is 1.23. The number of aliphatic hydroxyl groups is 1. The van der Waals surface area contributed by atoms with Crippen molar-refractivity contribution < 1.29 is 15.0 Å². The zero-order valence-corrected chi connectivity index (χ0v) is 9.78. The van der Waals surface area contributed by atoms with Gasteiger partial charge in [-0.3, -0.25) is 0 Å². The fourth-order valence-corrected chi connectivity index (χ4v) is 1.93. The number of carboxylic acid groups (broad SMARTS) is 1. The molecule has 0 aliphatic rings. The van der Waals surface area contributed by atoms with Crippen LogP contribution in [0.5, 0.6) is 0 Å². The lowest BCUT2D eigenvalue weighted by atomic mass is 10.2. The first-order chi connectivity index (χ1) is 7.63. The second-order valence-corrected chi connectivity index (χ2v) is 4.14. The van der Waals surface area contributed by atoms with Crippen LogP contribution < -0.4 is 0 Å². The van der Waals surface area contributed by atoms with Gasteiger partial charge in [-0.1, -0.05) is 0 Å². The Labute approximate surface area is 99.3 Å². The van der Waals surface area contributed by atoms with E-state index in [0.29, 0.717) is 23.3 Å². The lowest BCUT2D eigenvalue weighted by Gasteiger charge is -1.97. The summed E-state index contributed by atoms with van der Waals surface area (Å²) in [5, 5.41) is 17.8. The number of carbonyl (C=O) groups is 1. The highest BCUT2D eigenvalue weighted by Gasteiger charge is 2.14. The molecule has 0 fully saturated rings. The Morgan fingerprint density at radius 1 is 1.50 bits per heavy atom. The van der Waals surface area contributed by atoms with Crippen molar-refractivity contribution in [2.75, 3.05) is 6.61 Å². The second-order valence-electron chi connectivity index (χ2n) is 3.28. The van der Waals surface area contributed by atoms with Crippen LogP contribution >= 0.6 is 15.9 Å². The number of hydrogen-bond donors (Lipinski definition) is 3. The Morgan fingerprint density at radius 2 is 2.25 bits per heavy atom. The molecule has 2 aromatic rings. The minimum atomic E-state index is -1.00. The number of carboxylic acids is 1. The molecule has 0 spiro atoms. The Hall–Kier alpha value is -1.40. The summed E-state index contributed by atoms with van der Waals surface area (Å²) in [6, 6.07) is 3.16. The molecule has 0 bridgehead atoms. The van der Waals surface area contributed by atoms with Gasteiger partial charge in [-0.05, 0) is 28.1 Å². The molecule has 1 heterocycles. The van der Waals surface area contributed by atoms with Gasteiger partial charge in [0.25, 0.3) is 0 Å². The molecule has 2 rings (SSSR count). The Balaban J connectivity index is 2.67. The average Bonchev–Trinajstić information content (AvgIpc) is 2.62. The van der Waals surface area contributed by atoms with Crippen LogP contribution in [0.4, 0.5) is 0 Å². The minimum absolute atomic E-state index is 0.0279. The number of halogens is 1. The number of benzene rings is 1. The second kappa shape index (κ2) is 4.23. The summed E-state index contributed by atoms with van der Waals surface area (Å²) < 4.78 is 0.730. The molecule has 3 N–H and O–H groups in total. The number of rotatable bonds is 3. The number of aromatic nitrogens is 2. The van der Waals surface area contributed by atoms with Gasteiger partial charge in [0.1, 0.15) is 11.3 Å². The molecule has 5 nitrogen and oxygen atoms in total. The smallest absolute Gasteiger partial charge is 0.337 e. The van der Waals surface area contributed by atoms with Crippen molar-refractivity contribution in [2.45, 2.75) is 6.42 Å². The van der Waals surface area contributed by atoms with E-state index >= 15 is 0 Å². The summed E-state index contributed by atoms with van der Waals surface area (Å²) in [7, 11) is 0. The van der Waals surface area contributed by atoms with Gasteiger partial charge in [0.05, 0.1) is 17.7 Å². The zero-order valence-electron chi connectivity index (χ0n) is 8.20.